The first-order valence-corrected chi connectivity index (χ1v) is 6.95. The zero-order valence-corrected chi connectivity index (χ0v) is 11.7. The average molecular weight is 264 g/mol. The molecule has 0 aromatic heterocycles. The van der Waals surface area contributed by atoms with Gasteiger partial charge in [0.05, 0.1) is 19.8 Å². The molecular formula is C15H24N2O2. The third-order valence-corrected chi connectivity index (χ3v) is 3.45. The summed E-state index contributed by atoms with van der Waals surface area (Å²) in [5, 5.41) is 0. The number of anilines is 1. The highest BCUT2D eigenvalue weighted by atomic mass is 16.5. The highest BCUT2D eigenvalue weighted by Gasteiger charge is 2.28. The number of benzene rings is 1. The Morgan fingerprint density at radius 3 is 2.68 bits per heavy atom. The summed E-state index contributed by atoms with van der Waals surface area (Å²) in [4.78, 5) is 2.47. The first-order valence-electron chi connectivity index (χ1n) is 6.95. The lowest BCUT2D eigenvalue weighted by Gasteiger charge is -2.22. The molecule has 106 valence electrons. The first kappa shape index (κ1) is 14.3. The van der Waals surface area contributed by atoms with Crippen LogP contribution >= 0.6 is 0 Å². The lowest BCUT2D eigenvalue weighted by molar-refractivity contribution is 0.0546. The summed E-state index contributed by atoms with van der Waals surface area (Å²) in [5.74, 6) is 0. The van der Waals surface area contributed by atoms with Crippen LogP contribution in [0.1, 0.15) is 18.4 Å². The maximum Gasteiger partial charge on any atom is 0.0700 e. The van der Waals surface area contributed by atoms with Crippen molar-refractivity contribution in [2.75, 3.05) is 39.2 Å². The molecule has 4 nitrogen and oxygen atoms in total. The van der Waals surface area contributed by atoms with Crippen molar-refractivity contribution in [1.82, 2.24) is 4.90 Å². The Hall–Kier alpha value is -1.10. The fraction of sp³-hybridized carbons (Fsp3) is 0.600. The molecule has 4 heteroatoms. The summed E-state index contributed by atoms with van der Waals surface area (Å²) in [6.45, 7) is 3.97. The van der Waals surface area contributed by atoms with E-state index in [-0.39, 0.29) is 0 Å². The molecule has 0 unspecified atom stereocenters. The molecule has 0 atom stereocenters. The number of para-hydroxylation sites is 1. The molecule has 2 rings (SSSR count). The average Bonchev–Trinajstić information content (AvgIpc) is 3.24. The lowest BCUT2D eigenvalue weighted by atomic mass is 10.1. The molecule has 19 heavy (non-hydrogen) atoms. The standard InChI is InChI=1S/C15H24N2O2/c1-18-10-11-19-9-8-17(14-6-7-14)12-13-4-2-3-5-15(13)16/h2-5,14H,6-12,16H2,1H3. The smallest absolute Gasteiger partial charge is 0.0700 e. The molecule has 0 saturated heterocycles. The normalized spacial score (nSPS) is 15.1. The van der Waals surface area contributed by atoms with Crippen LogP contribution in [0.2, 0.25) is 0 Å². The molecule has 1 fully saturated rings. The summed E-state index contributed by atoms with van der Waals surface area (Å²) in [6, 6.07) is 8.82. The number of hydrogen-bond donors (Lipinski definition) is 1. The third kappa shape index (κ3) is 4.82. The van der Waals surface area contributed by atoms with Crippen LogP contribution in [0.4, 0.5) is 5.69 Å². The summed E-state index contributed by atoms with van der Waals surface area (Å²) < 4.78 is 10.5. The lowest BCUT2D eigenvalue weighted by Crippen LogP contribution is -2.30. The van der Waals surface area contributed by atoms with E-state index >= 15 is 0 Å². The Labute approximate surface area is 115 Å². The minimum Gasteiger partial charge on any atom is -0.398 e. The van der Waals surface area contributed by atoms with Gasteiger partial charge in [0.1, 0.15) is 0 Å². The van der Waals surface area contributed by atoms with Crippen molar-refractivity contribution in [1.29, 1.82) is 0 Å². The van der Waals surface area contributed by atoms with Crippen molar-refractivity contribution in [3.8, 4) is 0 Å². The van der Waals surface area contributed by atoms with Gasteiger partial charge in [-0.2, -0.15) is 0 Å². The van der Waals surface area contributed by atoms with Gasteiger partial charge in [0.2, 0.25) is 0 Å². The van der Waals surface area contributed by atoms with Gasteiger partial charge in [-0.3, -0.25) is 4.90 Å². The van der Waals surface area contributed by atoms with Gasteiger partial charge in [-0.15, -0.1) is 0 Å². The number of nitrogens with two attached hydrogens (primary N) is 1. The van der Waals surface area contributed by atoms with Gasteiger partial charge in [0, 0.05) is 31.9 Å². The van der Waals surface area contributed by atoms with Gasteiger partial charge in [-0.05, 0) is 24.5 Å². The molecule has 1 aliphatic carbocycles. The van der Waals surface area contributed by atoms with E-state index < -0.39 is 0 Å². The summed E-state index contributed by atoms with van der Waals surface area (Å²) in [6.07, 6.45) is 2.59. The van der Waals surface area contributed by atoms with Gasteiger partial charge in [-0.1, -0.05) is 18.2 Å². The van der Waals surface area contributed by atoms with Crippen molar-refractivity contribution >= 4 is 5.69 Å². The number of hydrogen-bond acceptors (Lipinski definition) is 4. The number of methoxy groups -OCH3 is 1. The molecule has 0 spiro atoms. The van der Waals surface area contributed by atoms with E-state index in [4.69, 9.17) is 15.2 Å². The molecule has 1 aromatic rings. The number of nitrogen functional groups attached to an aromatic ring is 1. The minimum absolute atomic E-state index is 0.662. The maximum atomic E-state index is 6.01. The van der Waals surface area contributed by atoms with Crippen molar-refractivity contribution < 1.29 is 9.47 Å². The second-order valence-corrected chi connectivity index (χ2v) is 5.01. The third-order valence-electron chi connectivity index (χ3n) is 3.45. The van der Waals surface area contributed by atoms with Crippen LogP contribution < -0.4 is 5.73 Å². The van der Waals surface area contributed by atoms with Gasteiger partial charge < -0.3 is 15.2 Å². The van der Waals surface area contributed by atoms with Gasteiger partial charge in [0.25, 0.3) is 0 Å². The summed E-state index contributed by atoms with van der Waals surface area (Å²) in [5.41, 5.74) is 8.11. The van der Waals surface area contributed by atoms with Crippen molar-refractivity contribution in [2.45, 2.75) is 25.4 Å². The maximum absolute atomic E-state index is 6.01. The fourth-order valence-electron chi connectivity index (χ4n) is 2.15. The van der Waals surface area contributed by atoms with Crippen molar-refractivity contribution in [3.05, 3.63) is 29.8 Å². The van der Waals surface area contributed by atoms with Crippen molar-refractivity contribution in [3.63, 3.8) is 0 Å². The van der Waals surface area contributed by atoms with E-state index in [0.717, 1.165) is 25.4 Å². The van der Waals surface area contributed by atoms with Crippen LogP contribution in [0.3, 0.4) is 0 Å². The quantitative estimate of drug-likeness (QED) is 0.546. The van der Waals surface area contributed by atoms with E-state index in [1.807, 2.05) is 18.2 Å². The Bertz CT molecular complexity index is 380. The number of ether oxygens (including phenoxy) is 2. The van der Waals surface area contributed by atoms with Gasteiger partial charge in [-0.25, -0.2) is 0 Å². The van der Waals surface area contributed by atoms with E-state index in [0.29, 0.717) is 19.3 Å². The van der Waals surface area contributed by atoms with E-state index in [1.54, 1.807) is 7.11 Å². The SMILES string of the molecule is COCCOCCN(Cc1ccccc1N)C1CC1. The van der Waals surface area contributed by atoms with Crippen LogP contribution in [-0.4, -0.2) is 44.4 Å². The molecule has 0 bridgehead atoms. The predicted octanol–water partition coefficient (Wildman–Crippen LogP) is 1.90. The molecular weight excluding hydrogens is 240 g/mol. The fourth-order valence-corrected chi connectivity index (χ4v) is 2.15. The Morgan fingerprint density at radius 2 is 2.00 bits per heavy atom. The monoisotopic (exact) mass is 264 g/mol. The van der Waals surface area contributed by atoms with Crippen LogP contribution in [0, 0.1) is 0 Å². The summed E-state index contributed by atoms with van der Waals surface area (Å²) >= 11 is 0. The second-order valence-electron chi connectivity index (χ2n) is 5.01. The van der Waals surface area contributed by atoms with Gasteiger partial charge in [0.15, 0.2) is 0 Å². The second kappa shape index (κ2) is 7.48. The van der Waals surface area contributed by atoms with Crippen LogP contribution in [0.5, 0.6) is 0 Å². The van der Waals surface area contributed by atoms with E-state index in [1.165, 1.54) is 18.4 Å². The highest BCUT2D eigenvalue weighted by molar-refractivity contribution is 5.46. The Kier molecular flexibility index (Phi) is 5.63. The predicted molar refractivity (Wildman–Crippen MR) is 77.0 cm³/mol. The molecule has 0 heterocycles. The largest absolute Gasteiger partial charge is 0.398 e. The van der Waals surface area contributed by atoms with E-state index in [9.17, 15) is 0 Å². The molecule has 1 aromatic carbocycles. The molecule has 0 amide bonds. The van der Waals surface area contributed by atoms with Crippen LogP contribution in [-0.2, 0) is 16.0 Å². The topological polar surface area (TPSA) is 47.7 Å². The number of rotatable bonds is 9. The molecule has 2 N–H and O–H groups in total. The first-order chi connectivity index (χ1) is 9.31. The molecule has 1 saturated carbocycles. The highest BCUT2D eigenvalue weighted by Crippen LogP contribution is 2.28. The minimum atomic E-state index is 0.662. The summed E-state index contributed by atoms with van der Waals surface area (Å²) in [7, 11) is 1.69. The zero-order chi connectivity index (χ0) is 13.5. The van der Waals surface area contributed by atoms with E-state index in [2.05, 4.69) is 11.0 Å². The molecule has 1 aliphatic rings. The molecule has 0 radical (unpaired) electrons. The zero-order valence-electron chi connectivity index (χ0n) is 11.7. The molecule has 0 aliphatic heterocycles. The van der Waals surface area contributed by atoms with Crippen molar-refractivity contribution in [2.24, 2.45) is 0 Å². The Morgan fingerprint density at radius 1 is 1.21 bits per heavy atom. The number of nitrogens with zero attached hydrogens (tertiary/aromatic N) is 1. The van der Waals surface area contributed by atoms with Crippen LogP contribution in [0.15, 0.2) is 24.3 Å². The van der Waals surface area contributed by atoms with Gasteiger partial charge >= 0.3 is 0 Å². The van der Waals surface area contributed by atoms with Crippen LogP contribution in [0.25, 0.3) is 0 Å². The Balaban J connectivity index is 1.78.